The average molecular weight is 522 g/mol. The highest BCUT2D eigenvalue weighted by atomic mass is 32.2. The second kappa shape index (κ2) is 17.6. The van der Waals surface area contributed by atoms with Gasteiger partial charge in [-0.25, -0.2) is 9.97 Å². The van der Waals surface area contributed by atoms with Crippen LogP contribution in [0.4, 0.5) is 5.82 Å². The molecule has 6 nitrogen and oxygen atoms in total. The highest BCUT2D eigenvalue weighted by Gasteiger charge is 2.09. The summed E-state index contributed by atoms with van der Waals surface area (Å²) in [6, 6.07) is 4.39. The Balaban J connectivity index is 0.000000385. The zero-order chi connectivity index (χ0) is 25.3. The Bertz CT molecular complexity index is 883. The van der Waals surface area contributed by atoms with Crippen LogP contribution in [0.5, 0.6) is 0 Å². The molecule has 2 atom stereocenters. The van der Waals surface area contributed by atoms with Crippen molar-refractivity contribution in [3.05, 3.63) is 44.9 Å². The molecule has 0 saturated heterocycles. The van der Waals surface area contributed by atoms with Gasteiger partial charge in [0, 0.05) is 17.5 Å². The number of amides is 1. The zero-order valence-electron chi connectivity index (χ0n) is 21.3. The lowest BCUT2D eigenvalue weighted by atomic mass is 10.1. The second-order valence-electron chi connectivity index (χ2n) is 7.88. The van der Waals surface area contributed by atoms with Crippen LogP contribution in [0.2, 0.25) is 0 Å². The number of aryl methyl sites for hydroxylation is 3. The summed E-state index contributed by atoms with van der Waals surface area (Å²) in [5, 5.41) is 9.89. The predicted octanol–water partition coefficient (Wildman–Crippen LogP) is 6.70. The first kappa shape index (κ1) is 30.2. The standard InChI is InChI=1S/C15H18N4S2.C10H21NOS/c1-10-5-6-14(17-7-10)18-9-20-8-13(16-4)15-11(2)19-12(3)21-15;1-4-10(11-8-12)7-5-6-9(2)13-3/h5-8H,4,9H2,1-3H3,(H,17,18);8-10H,4-7H2,1-3H3,(H,11,12)/b13-8-;/t;9-,10-/m.0/s1. The molecule has 1 amide bonds. The Morgan fingerprint density at radius 1 is 1.29 bits per heavy atom. The van der Waals surface area contributed by atoms with Crippen molar-refractivity contribution in [2.45, 2.75) is 71.6 Å². The molecule has 0 aromatic carbocycles. The maximum absolute atomic E-state index is 10.2. The van der Waals surface area contributed by atoms with E-state index in [9.17, 15) is 4.79 Å². The molecular weight excluding hydrogens is 483 g/mol. The lowest BCUT2D eigenvalue weighted by Crippen LogP contribution is -2.26. The summed E-state index contributed by atoms with van der Waals surface area (Å²) in [4.78, 5) is 24.1. The molecule has 2 heterocycles. The van der Waals surface area contributed by atoms with Gasteiger partial charge in [-0.2, -0.15) is 11.8 Å². The largest absolute Gasteiger partial charge is 0.361 e. The minimum atomic E-state index is 0.381. The van der Waals surface area contributed by atoms with Crippen molar-refractivity contribution in [2.75, 3.05) is 17.4 Å². The van der Waals surface area contributed by atoms with Gasteiger partial charge in [-0.1, -0.05) is 26.3 Å². The zero-order valence-corrected chi connectivity index (χ0v) is 23.7. The van der Waals surface area contributed by atoms with Gasteiger partial charge in [0.25, 0.3) is 0 Å². The molecule has 0 spiro atoms. The van der Waals surface area contributed by atoms with Gasteiger partial charge in [-0.3, -0.25) is 9.79 Å². The molecule has 9 heteroatoms. The number of hydrogen-bond donors (Lipinski definition) is 2. The van der Waals surface area contributed by atoms with Gasteiger partial charge in [0.05, 0.1) is 27.2 Å². The van der Waals surface area contributed by atoms with Gasteiger partial charge < -0.3 is 10.6 Å². The van der Waals surface area contributed by atoms with E-state index in [2.05, 4.69) is 52.4 Å². The van der Waals surface area contributed by atoms with E-state index in [1.165, 1.54) is 12.8 Å². The Hall–Kier alpha value is -1.84. The summed E-state index contributed by atoms with van der Waals surface area (Å²) in [7, 11) is 0. The minimum Gasteiger partial charge on any atom is -0.361 e. The van der Waals surface area contributed by atoms with Gasteiger partial charge >= 0.3 is 0 Å². The summed E-state index contributed by atoms with van der Waals surface area (Å²) >= 11 is 5.18. The number of rotatable bonds is 14. The molecule has 2 rings (SSSR count). The third-order valence-corrected chi connectivity index (χ3v) is 7.95. The molecule has 0 aliphatic carbocycles. The molecule has 2 aromatic heterocycles. The van der Waals surface area contributed by atoms with Crippen LogP contribution < -0.4 is 10.6 Å². The van der Waals surface area contributed by atoms with E-state index in [4.69, 9.17) is 0 Å². The predicted molar refractivity (Wildman–Crippen MR) is 154 cm³/mol. The molecule has 0 unspecified atom stereocenters. The fourth-order valence-electron chi connectivity index (χ4n) is 3.01. The van der Waals surface area contributed by atoms with Crippen LogP contribution in [-0.4, -0.2) is 46.5 Å². The number of hydrogen-bond acceptors (Lipinski definition) is 8. The molecule has 188 valence electrons. The number of thioether (sulfide) groups is 2. The number of thiazole rings is 1. The maximum atomic E-state index is 10.2. The van der Waals surface area contributed by atoms with Crippen LogP contribution in [0.25, 0.3) is 5.70 Å². The lowest BCUT2D eigenvalue weighted by Gasteiger charge is -2.14. The van der Waals surface area contributed by atoms with Crippen LogP contribution in [0.1, 0.15) is 60.7 Å². The van der Waals surface area contributed by atoms with Gasteiger partial charge in [0.2, 0.25) is 6.41 Å². The Morgan fingerprint density at radius 2 is 2.06 bits per heavy atom. The first-order valence-corrected chi connectivity index (χ1v) is 14.6. The number of nitrogens with zero attached hydrogens (tertiary/aromatic N) is 3. The molecule has 0 saturated carbocycles. The van der Waals surface area contributed by atoms with Crippen molar-refractivity contribution in [1.82, 2.24) is 15.3 Å². The number of aliphatic imine (C=N–C) groups is 1. The summed E-state index contributed by atoms with van der Waals surface area (Å²) in [5.41, 5.74) is 3.04. The quantitative estimate of drug-likeness (QED) is 0.125. The van der Waals surface area contributed by atoms with E-state index < -0.39 is 0 Å². The van der Waals surface area contributed by atoms with Gasteiger partial charge in [0.15, 0.2) is 0 Å². The van der Waals surface area contributed by atoms with Crippen molar-refractivity contribution in [3.63, 3.8) is 0 Å². The summed E-state index contributed by atoms with van der Waals surface area (Å²) in [6.07, 6.45) is 9.41. The first-order chi connectivity index (χ1) is 16.3. The number of carbonyl (C=O) groups is 1. The van der Waals surface area contributed by atoms with Crippen LogP contribution >= 0.6 is 34.9 Å². The Labute approximate surface area is 217 Å². The fraction of sp³-hybridized carbons (Fsp3) is 0.520. The van der Waals surface area contributed by atoms with E-state index in [1.807, 2.05) is 56.3 Å². The third-order valence-electron chi connectivity index (χ3n) is 5.11. The summed E-state index contributed by atoms with van der Waals surface area (Å²) < 4.78 is 0. The van der Waals surface area contributed by atoms with Crippen molar-refractivity contribution < 1.29 is 4.79 Å². The summed E-state index contributed by atoms with van der Waals surface area (Å²) in [5.74, 6) is 1.60. The highest BCUT2D eigenvalue weighted by Crippen LogP contribution is 2.28. The third kappa shape index (κ3) is 12.0. The van der Waals surface area contributed by atoms with Crippen LogP contribution in [0.3, 0.4) is 0 Å². The average Bonchev–Trinajstić information content (AvgIpc) is 3.17. The molecule has 0 aliphatic heterocycles. The van der Waals surface area contributed by atoms with E-state index in [1.54, 1.807) is 23.1 Å². The second-order valence-corrected chi connectivity index (χ2v) is 11.2. The maximum Gasteiger partial charge on any atom is 0.207 e. The number of anilines is 1. The van der Waals surface area contributed by atoms with Crippen LogP contribution in [-0.2, 0) is 4.79 Å². The molecule has 0 bridgehead atoms. The molecule has 0 radical (unpaired) electrons. The molecule has 2 N–H and O–H groups in total. The van der Waals surface area contributed by atoms with Crippen molar-refractivity contribution in [3.8, 4) is 0 Å². The normalized spacial score (nSPS) is 12.8. The van der Waals surface area contributed by atoms with E-state index in [0.717, 1.165) is 63.0 Å². The van der Waals surface area contributed by atoms with E-state index in [0.29, 0.717) is 6.04 Å². The first-order valence-electron chi connectivity index (χ1n) is 11.5. The van der Waals surface area contributed by atoms with E-state index in [-0.39, 0.29) is 0 Å². The lowest BCUT2D eigenvalue weighted by molar-refractivity contribution is -0.110. The van der Waals surface area contributed by atoms with Crippen molar-refractivity contribution in [2.24, 2.45) is 4.99 Å². The molecule has 0 fully saturated rings. The molecule has 2 aromatic rings. The molecule has 0 aliphatic rings. The Kier molecular flexibility index (Phi) is 15.6. The topological polar surface area (TPSA) is 79.3 Å². The van der Waals surface area contributed by atoms with Gasteiger partial charge in [-0.05, 0) is 70.0 Å². The minimum absolute atomic E-state index is 0.381. The number of aromatic nitrogens is 2. The number of nitrogens with one attached hydrogen (secondary N) is 2. The molecular formula is C25H39N5OS3. The molecule has 34 heavy (non-hydrogen) atoms. The number of pyridine rings is 1. The highest BCUT2D eigenvalue weighted by molar-refractivity contribution is 8.02. The van der Waals surface area contributed by atoms with Crippen molar-refractivity contribution in [1.29, 1.82) is 0 Å². The Morgan fingerprint density at radius 3 is 2.59 bits per heavy atom. The van der Waals surface area contributed by atoms with Gasteiger partial charge in [0.1, 0.15) is 5.82 Å². The van der Waals surface area contributed by atoms with E-state index >= 15 is 0 Å². The van der Waals surface area contributed by atoms with Crippen molar-refractivity contribution >= 4 is 59.5 Å². The van der Waals surface area contributed by atoms with Gasteiger partial charge in [-0.15, -0.1) is 23.1 Å². The fourth-order valence-corrected chi connectivity index (χ4v) is 5.05. The summed E-state index contributed by atoms with van der Waals surface area (Å²) in [6.45, 7) is 14.0. The van der Waals surface area contributed by atoms with Crippen LogP contribution in [0.15, 0.2) is 28.7 Å². The van der Waals surface area contributed by atoms with Crippen LogP contribution in [0, 0.1) is 20.8 Å². The smallest absolute Gasteiger partial charge is 0.207 e. The number of carbonyl (C=O) groups excluding carboxylic acids is 1. The SMILES string of the molecule is C=N/C(=C\SCNc1ccc(C)cn1)c1sc(C)nc1C.CC[C@@H](CCC[C@H](C)SC)NC=O. The monoisotopic (exact) mass is 521 g/mol.